The van der Waals surface area contributed by atoms with Crippen molar-refractivity contribution in [3.8, 4) is 0 Å². The lowest BCUT2D eigenvalue weighted by atomic mass is 9.77. The molecule has 0 bridgehead atoms. The minimum Gasteiger partial charge on any atom is -0.380 e. The van der Waals surface area contributed by atoms with Crippen LogP contribution in [-0.4, -0.2) is 49.9 Å². The molecule has 7 nitrogen and oxygen atoms in total. The van der Waals surface area contributed by atoms with Crippen LogP contribution in [0.2, 0.25) is 0 Å². The number of nitrogens with zero attached hydrogens (tertiary/aromatic N) is 3. The predicted octanol–water partition coefficient (Wildman–Crippen LogP) is 2.39. The first-order valence-electron chi connectivity index (χ1n) is 9.33. The summed E-state index contributed by atoms with van der Waals surface area (Å²) in [5.74, 6) is 0.854. The second-order valence-corrected chi connectivity index (χ2v) is 11.3. The van der Waals surface area contributed by atoms with Gasteiger partial charge in [-0.05, 0) is 61.3 Å². The van der Waals surface area contributed by atoms with Crippen LogP contribution in [0.3, 0.4) is 0 Å². The van der Waals surface area contributed by atoms with Gasteiger partial charge < -0.3 is 9.64 Å². The molecule has 0 amide bonds. The van der Waals surface area contributed by atoms with E-state index in [1.54, 1.807) is 18.3 Å². The van der Waals surface area contributed by atoms with E-state index < -0.39 is 10.0 Å². The van der Waals surface area contributed by atoms with Gasteiger partial charge in [0.25, 0.3) is 0 Å². The lowest BCUT2D eigenvalue weighted by Crippen LogP contribution is -2.51. The van der Waals surface area contributed by atoms with E-state index in [1.807, 2.05) is 11.4 Å². The molecule has 1 aliphatic carbocycles. The van der Waals surface area contributed by atoms with Gasteiger partial charge in [-0.1, -0.05) is 0 Å². The molecular formula is C18H23IN4O3S. The minimum absolute atomic E-state index is 0.291. The number of hydrogen-bond donors (Lipinski definition) is 1. The Bertz CT molecular complexity index is 1000. The second-order valence-electron chi connectivity index (χ2n) is 8.48. The van der Waals surface area contributed by atoms with Crippen LogP contribution in [0.15, 0.2) is 23.2 Å². The van der Waals surface area contributed by atoms with Gasteiger partial charge in [0.15, 0.2) is 0 Å². The van der Waals surface area contributed by atoms with E-state index in [9.17, 15) is 8.42 Å². The maximum atomic E-state index is 13.0. The SMILES string of the molecule is CC1(NS(=O)(=O)c2cc(N3CCC4(CC3)COC4)n3ncc(I)c3c2)CC1. The van der Waals surface area contributed by atoms with Gasteiger partial charge in [0.1, 0.15) is 5.82 Å². The van der Waals surface area contributed by atoms with Crippen LogP contribution in [0.4, 0.5) is 5.82 Å². The van der Waals surface area contributed by atoms with Crippen molar-refractivity contribution in [2.24, 2.45) is 5.41 Å². The summed E-state index contributed by atoms with van der Waals surface area (Å²) >= 11 is 2.21. The third-order valence-corrected chi connectivity index (χ3v) is 8.63. The Labute approximate surface area is 172 Å². The summed E-state index contributed by atoms with van der Waals surface area (Å²) in [6.07, 6.45) is 5.71. The molecule has 3 fully saturated rings. The summed E-state index contributed by atoms with van der Waals surface area (Å²) in [4.78, 5) is 2.58. The van der Waals surface area contributed by atoms with Crippen LogP contribution in [0, 0.1) is 8.99 Å². The van der Waals surface area contributed by atoms with Crippen molar-refractivity contribution in [3.63, 3.8) is 0 Å². The first-order valence-corrected chi connectivity index (χ1v) is 11.9. The van der Waals surface area contributed by atoms with Crippen LogP contribution in [0.5, 0.6) is 0 Å². The number of sulfonamides is 1. The molecule has 0 aromatic carbocycles. The normalized spacial score (nSPS) is 23.6. The monoisotopic (exact) mass is 502 g/mol. The smallest absolute Gasteiger partial charge is 0.241 e. The molecule has 0 atom stereocenters. The number of aromatic nitrogens is 2. The van der Waals surface area contributed by atoms with E-state index >= 15 is 0 Å². The third-order valence-electron chi connectivity index (χ3n) is 6.18. The maximum absolute atomic E-state index is 13.0. The molecule has 2 saturated heterocycles. The Kier molecular flexibility index (Phi) is 4.06. The summed E-state index contributed by atoms with van der Waals surface area (Å²) in [6.45, 7) is 5.45. The highest BCUT2D eigenvalue weighted by molar-refractivity contribution is 14.1. The van der Waals surface area contributed by atoms with Crippen molar-refractivity contribution in [3.05, 3.63) is 21.9 Å². The lowest BCUT2D eigenvalue weighted by Gasteiger charge is -2.47. The number of nitrogens with one attached hydrogen (secondary N) is 1. The van der Waals surface area contributed by atoms with E-state index in [-0.39, 0.29) is 5.54 Å². The molecule has 1 N–H and O–H groups in total. The number of halogens is 1. The van der Waals surface area contributed by atoms with Gasteiger partial charge in [0.05, 0.1) is 33.4 Å². The number of anilines is 1. The van der Waals surface area contributed by atoms with E-state index in [4.69, 9.17) is 4.74 Å². The average molecular weight is 502 g/mol. The van der Waals surface area contributed by atoms with Crippen molar-refractivity contribution >= 4 is 43.9 Å². The van der Waals surface area contributed by atoms with Crippen molar-refractivity contribution in [1.82, 2.24) is 14.3 Å². The molecule has 0 radical (unpaired) electrons. The molecule has 4 heterocycles. The van der Waals surface area contributed by atoms with Gasteiger partial charge >= 0.3 is 0 Å². The quantitative estimate of drug-likeness (QED) is 0.651. The summed E-state index contributed by atoms with van der Waals surface area (Å²) in [7, 11) is -3.56. The molecule has 146 valence electrons. The highest BCUT2D eigenvalue weighted by atomic mass is 127. The molecule has 5 rings (SSSR count). The Morgan fingerprint density at radius 2 is 1.89 bits per heavy atom. The van der Waals surface area contributed by atoms with E-state index in [1.165, 1.54) is 0 Å². The number of piperidine rings is 1. The molecule has 2 aromatic rings. The van der Waals surface area contributed by atoms with Crippen molar-refractivity contribution in [1.29, 1.82) is 0 Å². The van der Waals surface area contributed by atoms with Gasteiger partial charge in [-0.3, -0.25) is 0 Å². The molecule has 1 saturated carbocycles. The zero-order chi connectivity index (χ0) is 18.9. The topological polar surface area (TPSA) is 75.9 Å². The summed E-state index contributed by atoms with van der Waals surface area (Å²) in [6, 6.07) is 3.51. The molecule has 27 heavy (non-hydrogen) atoms. The number of pyridine rings is 1. The standard InChI is InChI=1S/C18H23IN4O3S/c1-17(2-3-17)21-27(24,25)13-8-15-14(19)10-20-23(15)16(9-13)22-6-4-18(5-7-22)11-26-12-18/h8-10,21H,2-7,11-12H2,1H3. The highest BCUT2D eigenvalue weighted by Crippen LogP contribution is 2.40. The minimum atomic E-state index is -3.56. The van der Waals surface area contributed by atoms with Gasteiger partial charge in [0.2, 0.25) is 10.0 Å². The molecule has 2 aromatic heterocycles. The Balaban J connectivity index is 1.53. The van der Waals surface area contributed by atoms with Crippen LogP contribution in [0.1, 0.15) is 32.6 Å². The van der Waals surface area contributed by atoms with Crippen LogP contribution < -0.4 is 9.62 Å². The van der Waals surface area contributed by atoms with Gasteiger partial charge in [0, 0.05) is 30.1 Å². The fourth-order valence-corrected chi connectivity index (χ4v) is 5.97. The Morgan fingerprint density at radius 1 is 1.19 bits per heavy atom. The van der Waals surface area contributed by atoms with Gasteiger partial charge in [-0.2, -0.15) is 5.10 Å². The average Bonchev–Trinajstić information content (AvgIpc) is 3.20. The van der Waals surface area contributed by atoms with Crippen LogP contribution in [0.25, 0.3) is 5.52 Å². The first-order chi connectivity index (χ1) is 12.8. The molecule has 1 spiro atoms. The zero-order valence-corrected chi connectivity index (χ0v) is 18.2. The highest BCUT2D eigenvalue weighted by Gasteiger charge is 2.43. The van der Waals surface area contributed by atoms with Crippen molar-refractivity contribution in [2.45, 2.75) is 43.0 Å². The lowest BCUT2D eigenvalue weighted by molar-refractivity contribution is -0.124. The molecular weight excluding hydrogens is 479 g/mol. The molecule has 9 heteroatoms. The van der Waals surface area contributed by atoms with E-state index in [0.717, 1.165) is 66.9 Å². The van der Waals surface area contributed by atoms with Crippen LogP contribution in [-0.2, 0) is 14.8 Å². The van der Waals surface area contributed by atoms with Crippen molar-refractivity contribution < 1.29 is 13.2 Å². The third kappa shape index (κ3) is 3.16. The number of ether oxygens (including phenoxy) is 1. The second kappa shape index (κ2) is 6.04. The predicted molar refractivity (Wildman–Crippen MR) is 111 cm³/mol. The summed E-state index contributed by atoms with van der Waals surface area (Å²) in [5, 5.41) is 4.50. The summed E-state index contributed by atoms with van der Waals surface area (Å²) < 4.78 is 37.1. The first kappa shape index (κ1) is 18.1. The van der Waals surface area contributed by atoms with Gasteiger partial charge in [-0.25, -0.2) is 17.7 Å². The van der Waals surface area contributed by atoms with Gasteiger partial charge in [-0.15, -0.1) is 0 Å². The fourth-order valence-electron chi connectivity index (χ4n) is 3.96. The van der Waals surface area contributed by atoms with Crippen LogP contribution >= 0.6 is 22.6 Å². The molecule has 0 unspecified atom stereocenters. The van der Waals surface area contributed by atoms with Crippen molar-refractivity contribution in [2.75, 3.05) is 31.2 Å². The fraction of sp³-hybridized carbons (Fsp3) is 0.611. The molecule has 2 aliphatic heterocycles. The largest absolute Gasteiger partial charge is 0.380 e. The Morgan fingerprint density at radius 3 is 2.48 bits per heavy atom. The Hall–Kier alpha value is -0.910. The van der Waals surface area contributed by atoms with E-state index in [2.05, 4.69) is 37.3 Å². The zero-order valence-electron chi connectivity index (χ0n) is 15.2. The number of fused-ring (bicyclic) bond motifs is 1. The number of rotatable bonds is 4. The van der Waals surface area contributed by atoms with E-state index in [0.29, 0.717) is 10.3 Å². The molecule has 3 aliphatic rings. The maximum Gasteiger partial charge on any atom is 0.241 e. The number of hydrogen-bond acceptors (Lipinski definition) is 5. The summed E-state index contributed by atoms with van der Waals surface area (Å²) in [5.41, 5.74) is 0.877.